The van der Waals surface area contributed by atoms with Gasteiger partial charge in [0.05, 0.1) is 15.4 Å². The van der Waals surface area contributed by atoms with Crippen LogP contribution in [0.25, 0.3) is 0 Å². The standard InChI is InChI=1S/C8H10N2O3S.C7H7NO4S.CH5N/c1-10-8(11)6-2-4-7(5-3-6)14(9,12)13;8-13(11,12)6-3-1-5(2-4-6)7(9)10;1-2/h2-5H,1H3,(H,10,11)(H2,9,12,13);1-4H,(H,9,10)(H2,8,11,12);2H2,1H3. The van der Waals surface area contributed by atoms with Crippen molar-refractivity contribution in [2.45, 2.75) is 9.79 Å². The lowest BCUT2D eigenvalue weighted by Gasteiger charge is -2.00. The molecular formula is C16H22N4O7S2. The van der Waals surface area contributed by atoms with Crippen LogP contribution in [0.4, 0.5) is 0 Å². The zero-order chi connectivity index (χ0) is 22.8. The van der Waals surface area contributed by atoms with Gasteiger partial charge in [0, 0.05) is 12.6 Å². The highest BCUT2D eigenvalue weighted by atomic mass is 32.2. The Morgan fingerprint density at radius 1 is 0.759 bits per heavy atom. The van der Waals surface area contributed by atoms with Crippen LogP contribution in [0.1, 0.15) is 20.7 Å². The maximum absolute atomic E-state index is 11.1. The van der Waals surface area contributed by atoms with Gasteiger partial charge in [-0.2, -0.15) is 0 Å². The van der Waals surface area contributed by atoms with Gasteiger partial charge in [0.1, 0.15) is 0 Å². The van der Waals surface area contributed by atoms with Gasteiger partial charge in [-0.25, -0.2) is 31.9 Å². The highest BCUT2D eigenvalue weighted by molar-refractivity contribution is 7.89. The first-order chi connectivity index (χ1) is 13.4. The summed E-state index contributed by atoms with van der Waals surface area (Å²) in [6.07, 6.45) is 0. The van der Waals surface area contributed by atoms with Crippen molar-refractivity contribution in [3.63, 3.8) is 0 Å². The summed E-state index contributed by atoms with van der Waals surface area (Å²) in [5.74, 6) is -1.38. The predicted octanol–water partition coefficient (Wildman–Crippen LogP) is -0.699. The lowest BCUT2D eigenvalue weighted by Crippen LogP contribution is -2.18. The summed E-state index contributed by atoms with van der Waals surface area (Å²) >= 11 is 0. The molecule has 0 aliphatic carbocycles. The number of benzene rings is 2. The molecule has 0 aliphatic rings. The maximum atomic E-state index is 11.1. The highest BCUT2D eigenvalue weighted by Gasteiger charge is 2.09. The first-order valence-corrected chi connectivity index (χ1v) is 10.7. The van der Waals surface area contributed by atoms with Crippen LogP contribution < -0.4 is 21.3 Å². The maximum Gasteiger partial charge on any atom is 0.335 e. The third-order valence-corrected chi connectivity index (χ3v) is 4.96. The molecule has 8 N–H and O–H groups in total. The topological polar surface area (TPSA) is 213 Å². The molecule has 29 heavy (non-hydrogen) atoms. The van der Waals surface area contributed by atoms with E-state index in [1.54, 1.807) is 0 Å². The van der Waals surface area contributed by atoms with E-state index in [-0.39, 0.29) is 21.3 Å². The Kier molecular flexibility index (Phi) is 10.1. The van der Waals surface area contributed by atoms with Crippen LogP contribution in [0.15, 0.2) is 58.3 Å². The average Bonchev–Trinajstić information content (AvgIpc) is 2.68. The molecule has 0 spiro atoms. The molecular weight excluding hydrogens is 424 g/mol. The molecule has 1 amide bonds. The monoisotopic (exact) mass is 446 g/mol. The molecule has 0 bridgehead atoms. The molecule has 2 aromatic carbocycles. The predicted molar refractivity (Wildman–Crippen MR) is 106 cm³/mol. The van der Waals surface area contributed by atoms with Crippen molar-refractivity contribution in [1.29, 1.82) is 0 Å². The summed E-state index contributed by atoms with van der Waals surface area (Å²) in [6.45, 7) is 0. The van der Waals surface area contributed by atoms with Crippen molar-refractivity contribution in [2.75, 3.05) is 14.1 Å². The van der Waals surface area contributed by atoms with E-state index in [1.807, 2.05) is 0 Å². The van der Waals surface area contributed by atoms with E-state index >= 15 is 0 Å². The smallest absolute Gasteiger partial charge is 0.335 e. The molecule has 0 radical (unpaired) electrons. The Morgan fingerprint density at radius 2 is 1.07 bits per heavy atom. The summed E-state index contributed by atoms with van der Waals surface area (Å²) in [4.78, 5) is 21.4. The fourth-order valence-corrected chi connectivity index (χ4v) is 2.76. The Bertz CT molecular complexity index is 1030. The van der Waals surface area contributed by atoms with E-state index in [4.69, 9.17) is 15.4 Å². The molecule has 2 aromatic rings. The second kappa shape index (κ2) is 11.2. The van der Waals surface area contributed by atoms with E-state index in [0.717, 1.165) is 12.1 Å². The molecule has 0 unspecified atom stereocenters. The van der Waals surface area contributed by atoms with Crippen molar-refractivity contribution in [3.05, 3.63) is 59.7 Å². The summed E-state index contributed by atoms with van der Waals surface area (Å²) in [5.41, 5.74) is 4.91. The number of nitrogens with one attached hydrogen (secondary N) is 1. The second-order valence-electron chi connectivity index (χ2n) is 5.02. The van der Waals surface area contributed by atoms with Crippen molar-refractivity contribution >= 4 is 31.9 Å². The number of carbonyl (C=O) groups excluding carboxylic acids is 1. The zero-order valence-corrected chi connectivity index (χ0v) is 17.2. The second-order valence-corrected chi connectivity index (χ2v) is 8.15. The van der Waals surface area contributed by atoms with E-state index < -0.39 is 26.0 Å². The molecule has 0 aromatic heterocycles. The van der Waals surface area contributed by atoms with Gasteiger partial charge in [-0.1, -0.05) is 0 Å². The number of nitrogens with two attached hydrogens (primary N) is 3. The first kappa shape index (κ1) is 26.2. The molecule has 160 valence electrons. The molecule has 0 fully saturated rings. The van der Waals surface area contributed by atoms with Crippen LogP contribution in [-0.2, 0) is 20.0 Å². The van der Waals surface area contributed by atoms with Gasteiger partial charge < -0.3 is 16.2 Å². The number of carboxylic acid groups (broad SMARTS) is 1. The number of carboxylic acids is 1. The highest BCUT2D eigenvalue weighted by Crippen LogP contribution is 2.09. The average molecular weight is 447 g/mol. The SMILES string of the molecule is CN.CNC(=O)c1ccc(S(N)(=O)=O)cc1.NS(=O)(=O)c1ccc(C(=O)O)cc1. The first-order valence-electron chi connectivity index (χ1n) is 7.65. The number of amides is 1. The van der Waals surface area contributed by atoms with E-state index in [2.05, 4.69) is 11.1 Å². The van der Waals surface area contributed by atoms with Gasteiger partial charge in [0.15, 0.2) is 0 Å². The summed E-state index contributed by atoms with van der Waals surface area (Å²) in [6, 6.07) is 10.1. The Balaban J connectivity index is 0.000000499. The number of hydrogen-bond donors (Lipinski definition) is 5. The van der Waals surface area contributed by atoms with Crippen molar-refractivity contribution < 1.29 is 31.5 Å². The van der Waals surface area contributed by atoms with Gasteiger partial charge in [0.25, 0.3) is 5.91 Å². The normalized spacial score (nSPS) is 10.5. The van der Waals surface area contributed by atoms with Gasteiger partial charge in [-0.3, -0.25) is 4.79 Å². The number of carbonyl (C=O) groups is 2. The van der Waals surface area contributed by atoms with Gasteiger partial charge in [-0.05, 0) is 55.6 Å². The summed E-state index contributed by atoms with van der Waals surface area (Å²) in [7, 11) is -4.43. The Labute approximate surface area is 168 Å². The summed E-state index contributed by atoms with van der Waals surface area (Å²) in [5, 5.41) is 20.6. The third kappa shape index (κ3) is 8.80. The molecule has 0 aliphatic heterocycles. The molecule has 11 nitrogen and oxygen atoms in total. The Hall–Kier alpha value is -2.84. The van der Waals surface area contributed by atoms with E-state index in [9.17, 15) is 26.4 Å². The number of primary sulfonamides is 2. The van der Waals surface area contributed by atoms with Crippen LogP contribution in [0.5, 0.6) is 0 Å². The van der Waals surface area contributed by atoms with Crippen LogP contribution >= 0.6 is 0 Å². The molecule has 2 rings (SSSR count). The third-order valence-electron chi connectivity index (χ3n) is 3.10. The quantitative estimate of drug-likeness (QED) is 0.404. The van der Waals surface area contributed by atoms with Crippen molar-refractivity contribution in [3.8, 4) is 0 Å². The molecule has 0 saturated heterocycles. The minimum atomic E-state index is -3.74. The van der Waals surface area contributed by atoms with Gasteiger partial charge in [0.2, 0.25) is 20.0 Å². The fourth-order valence-electron chi connectivity index (χ4n) is 1.73. The fraction of sp³-hybridized carbons (Fsp3) is 0.125. The number of hydrogen-bond acceptors (Lipinski definition) is 7. The van der Waals surface area contributed by atoms with Crippen LogP contribution in [0.2, 0.25) is 0 Å². The van der Waals surface area contributed by atoms with Crippen molar-refractivity contribution in [2.24, 2.45) is 16.0 Å². The molecule has 0 heterocycles. The molecule has 0 saturated carbocycles. The summed E-state index contributed by atoms with van der Waals surface area (Å²) < 4.78 is 43.2. The van der Waals surface area contributed by atoms with E-state index in [0.29, 0.717) is 5.56 Å². The Morgan fingerprint density at radius 3 is 1.31 bits per heavy atom. The van der Waals surface area contributed by atoms with Gasteiger partial charge in [-0.15, -0.1) is 0 Å². The minimum Gasteiger partial charge on any atom is -0.478 e. The van der Waals surface area contributed by atoms with Crippen LogP contribution in [-0.4, -0.2) is 47.9 Å². The lowest BCUT2D eigenvalue weighted by atomic mass is 10.2. The van der Waals surface area contributed by atoms with Gasteiger partial charge >= 0.3 is 5.97 Å². The van der Waals surface area contributed by atoms with Crippen molar-refractivity contribution in [1.82, 2.24) is 5.32 Å². The largest absolute Gasteiger partial charge is 0.478 e. The minimum absolute atomic E-state index is 0.00912. The molecule has 0 atom stereocenters. The lowest BCUT2D eigenvalue weighted by molar-refractivity contribution is 0.0696. The van der Waals surface area contributed by atoms with E-state index in [1.165, 1.54) is 50.5 Å². The molecule has 13 heteroatoms. The number of sulfonamides is 2. The van der Waals surface area contributed by atoms with Crippen LogP contribution in [0, 0.1) is 0 Å². The number of rotatable bonds is 4. The zero-order valence-electron chi connectivity index (χ0n) is 15.6. The van der Waals surface area contributed by atoms with Crippen LogP contribution in [0.3, 0.4) is 0 Å². The number of aromatic carboxylic acids is 1.